The Morgan fingerprint density at radius 2 is 2.33 bits per heavy atom. The Kier molecular flexibility index (Phi) is 4.14. The SMILES string of the molecule is COC(=O)Cc1cc(C(F)F)ncc1Br. The van der Waals surface area contributed by atoms with Gasteiger partial charge in [-0.05, 0) is 27.6 Å². The summed E-state index contributed by atoms with van der Waals surface area (Å²) >= 11 is 3.12. The van der Waals surface area contributed by atoms with Crippen LogP contribution in [0.15, 0.2) is 16.7 Å². The molecule has 3 nitrogen and oxygen atoms in total. The van der Waals surface area contributed by atoms with Crippen molar-refractivity contribution >= 4 is 21.9 Å². The number of hydrogen-bond donors (Lipinski definition) is 0. The number of nitrogens with zero attached hydrogens (tertiary/aromatic N) is 1. The van der Waals surface area contributed by atoms with E-state index in [0.29, 0.717) is 10.0 Å². The van der Waals surface area contributed by atoms with Crippen LogP contribution in [0.3, 0.4) is 0 Å². The molecular weight excluding hydrogens is 272 g/mol. The molecule has 0 aromatic carbocycles. The zero-order valence-electron chi connectivity index (χ0n) is 7.84. The van der Waals surface area contributed by atoms with Gasteiger partial charge in [0.1, 0.15) is 5.69 Å². The van der Waals surface area contributed by atoms with Crippen molar-refractivity contribution < 1.29 is 18.3 Å². The molecule has 1 rings (SSSR count). The van der Waals surface area contributed by atoms with Gasteiger partial charge in [-0.1, -0.05) is 0 Å². The van der Waals surface area contributed by atoms with E-state index in [4.69, 9.17) is 0 Å². The third kappa shape index (κ3) is 3.23. The van der Waals surface area contributed by atoms with Crippen LogP contribution in [0.5, 0.6) is 0 Å². The van der Waals surface area contributed by atoms with Gasteiger partial charge in [0, 0.05) is 10.7 Å². The molecule has 0 N–H and O–H groups in total. The minimum absolute atomic E-state index is 0.0562. The first-order valence-electron chi connectivity index (χ1n) is 4.04. The first-order chi connectivity index (χ1) is 7.04. The van der Waals surface area contributed by atoms with Crippen LogP contribution in [0.2, 0.25) is 0 Å². The summed E-state index contributed by atoms with van der Waals surface area (Å²) in [7, 11) is 1.24. The molecule has 82 valence electrons. The number of aromatic nitrogens is 1. The van der Waals surface area contributed by atoms with Gasteiger partial charge in [-0.2, -0.15) is 0 Å². The molecule has 1 aromatic rings. The van der Waals surface area contributed by atoms with Gasteiger partial charge in [-0.15, -0.1) is 0 Å². The first-order valence-corrected chi connectivity index (χ1v) is 4.83. The average molecular weight is 280 g/mol. The van der Waals surface area contributed by atoms with Gasteiger partial charge >= 0.3 is 5.97 Å². The van der Waals surface area contributed by atoms with E-state index in [1.165, 1.54) is 19.4 Å². The van der Waals surface area contributed by atoms with E-state index in [0.717, 1.165) is 0 Å². The molecule has 0 bridgehead atoms. The second-order valence-electron chi connectivity index (χ2n) is 2.75. The number of esters is 1. The van der Waals surface area contributed by atoms with Crippen LogP contribution in [-0.2, 0) is 16.0 Å². The number of alkyl halides is 2. The molecule has 0 saturated carbocycles. The Labute approximate surface area is 93.6 Å². The van der Waals surface area contributed by atoms with Crippen molar-refractivity contribution in [3.05, 3.63) is 28.0 Å². The Balaban J connectivity index is 2.95. The van der Waals surface area contributed by atoms with Gasteiger partial charge in [0.2, 0.25) is 0 Å². The van der Waals surface area contributed by atoms with Crippen LogP contribution >= 0.6 is 15.9 Å². The third-order valence-corrected chi connectivity index (χ3v) is 2.46. The van der Waals surface area contributed by atoms with E-state index in [1.807, 2.05) is 0 Å². The van der Waals surface area contributed by atoms with Crippen LogP contribution in [-0.4, -0.2) is 18.1 Å². The van der Waals surface area contributed by atoms with Crippen molar-refractivity contribution in [3.8, 4) is 0 Å². The number of hydrogen-bond acceptors (Lipinski definition) is 3. The smallest absolute Gasteiger partial charge is 0.310 e. The van der Waals surface area contributed by atoms with Gasteiger partial charge in [0.15, 0.2) is 0 Å². The molecule has 6 heteroatoms. The summed E-state index contributed by atoms with van der Waals surface area (Å²) < 4.78 is 29.6. The molecule has 1 aromatic heterocycles. The fraction of sp³-hybridized carbons (Fsp3) is 0.333. The summed E-state index contributed by atoms with van der Waals surface area (Å²) in [6, 6.07) is 1.19. The van der Waals surface area contributed by atoms with E-state index in [-0.39, 0.29) is 12.1 Å². The zero-order chi connectivity index (χ0) is 11.4. The summed E-state index contributed by atoms with van der Waals surface area (Å²) in [4.78, 5) is 14.5. The van der Waals surface area contributed by atoms with Crippen molar-refractivity contribution in [2.24, 2.45) is 0 Å². The molecule has 0 amide bonds. The minimum Gasteiger partial charge on any atom is -0.469 e. The Morgan fingerprint density at radius 3 is 2.87 bits per heavy atom. The maximum atomic E-state index is 12.3. The summed E-state index contributed by atoms with van der Waals surface area (Å²) in [5.41, 5.74) is 0.0873. The van der Waals surface area contributed by atoms with Gasteiger partial charge < -0.3 is 4.74 Å². The number of ether oxygens (including phenoxy) is 1. The Morgan fingerprint density at radius 1 is 1.67 bits per heavy atom. The van der Waals surface area contributed by atoms with E-state index < -0.39 is 12.4 Å². The molecule has 1 heterocycles. The second kappa shape index (κ2) is 5.16. The highest BCUT2D eigenvalue weighted by Gasteiger charge is 2.13. The third-order valence-electron chi connectivity index (χ3n) is 1.74. The lowest BCUT2D eigenvalue weighted by molar-refractivity contribution is -0.139. The van der Waals surface area contributed by atoms with E-state index in [2.05, 4.69) is 25.7 Å². The quantitative estimate of drug-likeness (QED) is 0.798. The average Bonchev–Trinajstić information content (AvgIpc) is 2.20. The van der Waals surface area contributed by atoms with Crippen LogP contribution in [0.25, 0.3) is 0 Å². The van der Waals surface area contributed by atoms with E-state index in [9.17, 15) is 13.6 Å². The predicted octanol–water partition coefficient (Wildman–Crippen LogP) is 2.50. The number of carbonyl (C=O) groups excluding carboxylic acids is 1. The summed E-state index contributed by atoms with van der Waals surface area (Å²) in [6.45, 7) is 0. The highest BCUT2D eigenvalue weighted by molar-refractivity contribution is 9.10. The molecular formula is C9H8BrF2NO2. The molecule has 0 aliphatic rings. The number of halogens is 3. The molecule has 0 unspecified atom stereocenters. The zero-order valence-corrected chi connectivity index (χ0v) is 9.42. The van der Waals surface area contributed by atoms with Crippen molar-refractivity contribution in [1.29, 1.82) is 0 Å². The number of carbonyl (C=O) groups is 1. The lowest BCUT2D eigenvalue weighted by Crippen LogP contribution is -2.06. The van der Waals surface area contributed by atoms with Crippen molar-refractivity contribution in [3.63, 3.8) is 0 Å². The maximum absolute atomic E-state index is 12.3. The second-order valence-corrected chi connectivity index (χ2v) is 3.61. The van der Waals surface area contributed by atoms with Crippen LogP contribution in [0.4, 0.5) is 8.78 Å². The van der Waals surface area contributed by atoms with Crippen LogP contribution in [0.1, 0.15) is 17.7 Å². The fourth-order valence-corrected chi connectivity index (χ4v) is 1.34. The van der Waals surface area contributed by atoms with Crippen LogP contribution < -0.4 is 0 Å². The number of rotatable bonds is 3. The molecule has 0 radical (unpaired) electrons. The Bertz CT molecular complexity index is 371. The summed E-state index contributed by atoms with van der Waals surface area (Å²) in [6.07, 6.45) is -1.45. The van der Waals surface area contributed by atoms with Gasteiger partial charge in [-0.25, -0.2) is 8.78 Å². The fourth-order valence-electron chi connectivity index (χ4n) is 0.981. The van der Waals surface area contributed by atoms with E-state index >= 15 is 0 Å². The van der Waals surface area contributed by atoms with Crippen molar-refractivity contribution in [2.75, 3.05) is 7.11 Å². The lowest BCUT2D eigenvalue weighted by atomic mass is 10.1. The molecule has 0 saturated heterocycles. The monoisotopic (exact) mass is 279 g/mol. The first kappa shape index (κ1) is 12.0. The molecule has 0 aliphatic carbocycles. The highest BCUT2D eigenvalue weighted by atomic mass is 79.9. The Hall–Kier alpha value is -1.04. The minimum atomic E-state index is -2.64. The molecule has 0 fully saturated rings. The number of methoxy groups -OCH3 is 1. The maximum Gasteiger partial charge on any atom is 0.310 e. The highest BCUT2D eigenvalue weighted by Crippen LogP contribution is 2.22. The molecule has 0 spiro atoms. The normalized spacial score (nSPS) is 10.5. The largest absolute Gasteiger partial charge is 0.469 e. The predicted molar refractivity (Wildman–Crippen MR) is 52.6 cm³/mol. The van der Waals surface area contributed by atoms with Gasteiger partial charge in [0.05, 0.1) is 13.5 Å². The summed E-state index contributed by atoms with van der Waals surface area (Å²) in [5, 5.41) is 0. The van der Waals surface area contributed by atoms with Crippen LogP contribution in [0, 0.1) is 0 Å². The van der Waals surface area contributed by atoms with Gasteiger partial charge in [0.25, 0.3) is 6.43 Å². The van der Waals surface area contributed by atoms with E-state index in [1.54, 1.807) is 0 Å². The topological polar surface area (TPSA) is 39.2 Å². The molecule has 15 heavy (non-hydrogen) atoms. The van der Waals surface area contributed by atoms with Crippen molar-refractivity contribution in [1.82, 2.24) is 4.98 Å². The number of pyridine rings is 1. The molecule has 0 aliphatic heterocycles. The van der Waals surface area contributed by atoms with Crippen molar-refractivity contribution in [2.45, 2.75) is 12.8 Å². The summed E-state index contributed by atoms with van der Waals surface area (Å²) in [5.74, 6) is -0.484. The lowest BCUT2D eigenvalue weighted by Gasteiger charge is -2.05. The standard InChI is InChI=1S/C9H8BrF2NO2/c1-15-8(14)3-5-2-7(9(11)12)13-4-6(5)10/h2,4,9H,3H2,1H3. The molecule has 0 atom stereocenters. The van der Waals surface area contributed by atoms with Gasteiger partial charge in [-0.3, -0.25) is 9.78 Å².